The maximum Gasteiger partial charge on any atom is 0.310 e. The highest BCUT2D eigenvalue weighted by Crippen LogP contribution is 3.02. The second kappa shape index (κ2) is 7.23. The number of aliphatic hydroxyl groups is 1. The van der Waals surface area contributed by atoms with Crippen LogP contribution in [0.4, 0.5) is 19.4 Å². The van der Waals surface area contributed by atoms with Gasteiger partial charge >= 0.3 is 10.2 Å². The van der Waals surface area contributed by atoms with Crippen molar-refractivity contribution in [2.24, 2.45) is 11.3 Å². The van der Waals surface area contributed by atoms with Crippen LogP contribution in [0, 0.1) is 11.3 Å². The Labute approximate surface area is 209 Å². The first kappa shape index (κ1) is 25.9. The average Bonchev–Trinajstić information content (AvgIpc) is 3.26. The highest BCUT2D eigenvalue weighted by molar-refractivity contribution is 8.45. The Bertz CT molecular complexity index is 1230. The van der Waals surface area contributed by atoms with Crippen LogP contribution in [0.3, 0.4) is 0 Å². The number of pyridine rings is 1. The normalized spacial score (nSPS) is 31.3. The topological polar surface area (TPSA) is 42.4 Å². The van der Waals surface area contributed by atoms with Gasteiger partial charge in [-0.2, -0.15) is 0 Å². The van der Waals surface area contributed by atoms with E-state index in [0.717, 1.165) is 59.5 Å². The Hall–Kier alpha value is -1.71. The van der Waals surface area contributed by atoms with Crippen molar-refractivity contribution in [1.29, 1.82) is 0 Å². The largest absolute Gasteiger partial charge is 0.388 e. The standard InChI is InChI=1S/C27H34F5NO2S/c1-15(2)24-22-23(21-19(33-24)13-26(4,5)14-20(21)34)27(12-6-7-16(27)3)35-25(22)17-8-10-18(11-9-17)36(28,29,30,31)32/h8-11,15-16,20,25,34H,6-7,12-14H2,1-5H3. The molecule has 9 heteroatoms. The first-order chi connectivity index (χ1) is 16.3. The fourth-order valence-corrected chi connectivity index (χ4v) is 7.30. The van der Waals surface area contributed by atoms with Gasteiger partial charge in [0.05, 0.1) is 11.7 Å². The molecule has 4 unspecified atom stereocenters. The predicted molar refractivity (Wildman–Crippen MR) is 131 cm³/mol. The summed E-state index contributed by atoms with van der Waals surface area (Å²) in [6.07, 6.45) is 2.38. The first-order valence-electron chi connectivity index (χ1n) is 12.6. The minimum absolute atomic E-state index is 0.00634. The van der Waals surface area contributed by atoms with Gasteiger partial charge < -0.3 is 9.84 Å². The molecule has 0 bridgehead atoms. The summed E-state index contributed by atoms with van der Waals surface area (Å²) in [5.74, 6) is 0.118. The number of aliphatic hydroxyl groups excluding tert-OH is 1. The van der Waals surface area contributed by atoms with Crippen LogP contribution < -0.4 is 0 Å². The number of benzene rings is 1. The fraction of sp³-hybridized carbons (Fsp3) is 0.593. The lowest BCUT2D eigenvalue weighted by Gasteiger charge is -2.40. The molecule has 0 amide bonds. The summed E-state index contributed by atoms with van der Waals surface area (Å²) in [6.45, 7) is 10.3. The predicted octanol–water partition coefficient (Wildman–Crippen LogP) is 9.00. The minimum atomic E-state index is -9.79. The molecule has 0 saturated heterocycles. The quantitative estimate of drug-likeness (QED) is 0.402. The molecule has 0 radical (unpaired) electrons. The van der Waals surface area contributed by atoms with Crippen LogP contribution in [-0.4, -0.2) is 10.1 Å². The maximum atomic E-state index is 13.4. The molecular formula is C27H34F5NO2S. The lowest BCUT2D eigenvalue weighted by Crippen LogP contribution is -2.34. The van der Waals surface area contributed by atoms with E-state index in [-0.39, 0.29) is 17.3 Å². The molecule has 1 aromatic heterocycles. The van der Waals surface area contributed by atoms with Crippen LogP contribution in [0.5, 0.6) is 0 Å². The number of ether oxygens (including phenoxy) is 1. The number of hydrogen-bond acceptors (Lipinski definition) is 3. The van der Waals surface area contributed by atoms with Crippen molar-refractivity contribution in [1.82, 2.24) is 4.98 Å². The van der Waals surface area contributed by atoms with Gasteiger partial charge in [-0.25, -0.2) is 0 Å². The number of rotatable bonds is 3. The SMILES string of the molecule is CC(C)c1nc2c(c3c1C(c1ccc(S(F)(F)(F)(F)F)cc1)OC31CCCC1C)C(O)CC(C)(C)C2. The molecular weight excluding hydrogens is 497 g/mol. The highest BCUT2D eigenvalue weighted by atomic mass is 32.5. The molecule has 3 aliphatic rings. The van der Waals surface area contributed by atoms with Crippen LogP contribution >= 0.6 is 10.2 Å². The molecule has 1 spiro atoms. The van der Waals surface area contributed by atoms with Gasteiger partial charge in [-0.1, -0.05) is 66.2 Å². The molecule has 1 aliphatic heterocycles. The van der Waals surface area contributed by atoms with Gasteiger partial charge in [-0.3, -0.25) is 4.98 Å². The third kappa shape index (κ3) is 4.06. The van der Waals surface area contributed by atoms with Crippen LogP contribution in [0.25, 0.3) is 0 Å². The maximum absolute atomic E-state index is 13.4. The second-order valence-electron chi connectivity index (χ2n) is 12.1. The van der Waals surface area contributed by atoms with E-state index in [2.05, 4.69) is 20.8 Å². The van der Waals surface area contributed by atoms with E-state index in [1.807, 2.05) is 13.8 Å². The Morgan fingerprint density at radius 2 is 1.69 bits per heavy atom. The summed E-state index contributed by atoms with van der Waals surface area (Å²) in [4.78, 5) is 3.12. The van der Waals surface area contributed by atoms with Crippen molar-refractivity contribution in [3.8, 4) is 0 Å². The Kier molecular flexibility index (Phi) is 5.21. The zero-order chi connectivity index (χ0) is 26.5. The second-order valence-corrected chi connectivity index (χ2v) is 14.5. The van der Waals surface area contributed by atoms with Gasteiger partial charge in [0.15, 0.2) is 0 Å². The first-order valence-corrected chi connectivity index (χ1v) is 14.5. The van der Waals surface area contributed by atoms with Crippen molar-refractivity contribution < 1.29 is 29.3 Å². The van der Waals surface area contributed by atoms with E-state index in [1.165, 1.54) is 0 Å². The number of halogens is 5. The number of nitrogens with zero attached hydrogens (tertiary/aromatic N) is 1. The number of hydrogen-bond donors (Lipinski definition) is 1. The van der Waals surface area contributed by atoms with E-state index in [4.69, 9.17) is 9.72 Å². The molecule has 1 saturated carbocycles. The summed E-state index contributed by atoms with van der Waals surface area (Å²) in [5, 5.41) is 11.4. The zero-order valence-corrected chi connectivity index (χ0v) is 22.1. The number of fused-ring (bicyclic) bond motifs is 4. The fourth-order valence-electron chi connectivity index (χ4n) is 6.65. The minimum Gasteiger partial charge on any atom is -0.388 e. The van der Waals surface area contributed by atoms with Gasteiger partial charge in [-0.05, 0) is 72.6 Å². The lowest BCUT2D eigenvalue weighted by molar-refractivity contribution is -0.0842. The third-order valence-corrected chi connectivity index (χ3v) is 9.44. The van der Waals surface area contributed by atoms with Crippen molar-refractivity contribution in [3.63, 3.8) is 0 Å². The Morgan fingerprint density at radius 1 is 1.06 bits per heavy atom. The molecule has 1 fully saturated rings. The molecule has 3 nitrogen and oxygen atoms in total. The van der Waals surface area contributed by atoms with E-state index in [1.54, 1.807) is 0 Å². The highest BCUT2D eigenvalue weighted by Gasteiger charge is 2.65. The molecule has 36 heavy (non-hydrogen) atoms. The van der Waals surface area contributed by atoms with E-state index in [0.29, 0.717) is 30.5 Å². The summed E-state index contributed by atoms with van der Waals surface area (Å²) < 4.78 is 73.7. The van der Waals surface area contributed by atoms with Crippen LogP contribution in [0.15, 0.2) is 29.2 Å². The van der Waals surface area contributed by atoms with Gasteiger partial charge in [0, 0.05) is 22.5 Å². The van der Waals surface area contributed by atoms with E-state index >= 15 is 0 Å². The molecule has 2 heterocycles. The van der Waals surface area contributed by atoms with Gasteiger partial charge in [-0.15, -0.1) is 0 Å². The zero-order valence-electron chi connectivity index (χ0n) is 21.3. The van der Waals surface area contributed by atoms with E-state index in [9.17, 15) is 24.5 Å². The van der Waals surface area contributed by atoms with Crippen LogP contribution in [0.1, 0.15) is 112 Å². The van der Waals surface area contributed by atoms with Crippen molar-refractivity contribution >= 4 is 10.2 Å². The molecule has 2 aliphatic carbocycles. The smallest absolute Gasteiger partial charge is 0.310 e. The van der Waals surface area contributed by atoms with Crippen LogP contribution in [-0.2, 0) is 16.8 Å². The van der Waals surface area contributed by atoms with Gasteiger partial charge in [0.25, 0.3) is 0 Å². The summed E-state index contributed by atoms with van der Waals surface area (Å²) in [5.41, 5.74) is 3.74. The van der Waals surface area contributed by atoms with Gasteiger partial charge in [0.2, 0.25) is 0 Å². The third-order valence-electron chi connectivity index (χ3n) is 8.28. The average molecular weight is 532 g/mol. The lowest BCUT2D eigenvalue weighted by atomic mass is 9.69. The molecule has 5 rings (SSSR count). The van der Waals surface area contributed by atoms with E-state index < -0.39 is 32.9 Å². The van der Waals surface area contributed by atoms with Crippen molar-refractivity contribution in [3.05, 3.63) is 57.9 Å². The number of aromatic nitrogens is 1. The Balaban J connectivity index is 1.75. The Morgan fingerprint density at radius 3 is 2.22 bits per heavy atom. The summed E-state index contributed by atoms with van der Waals surface area (Å²) >= 11 is 0. The molecule has 4 atom stereocenters. The summed E-state index contributed by atoms with van der Waals surface area (Å²) in [6, 6.07) is 3.12. The van der Waals surface area contributed by atoms with Crippen LogP contribution in [0.2, 0.25) is 0 Å². The molecule has 2 aromatic rings. The molecule has 200 valence electrons. The molecule has 1 aromatic carbocycles. The van der Waals surface area contributed by atoms with Gasteiger partial charge in [0.1, 0.15) is 11.0 Å². The van der Waals surface area contributed by atoms with Crippen molar-refractivity contribution in [2.75, 3.05) is 0 Å². The monoisotopic (exact) mass is 531 g/mol. The van der Waals surface area contributed by atoms with Crippen molar-refractivity contribution in [2.45, 2.75) is 95.3 Å². The molecule has 1 N–H and O–H groups in total. The summed E-state index contributed by atoms with van der Waals surface area (Å²) in [7, 11) is -9.79.